The molecule has 1 aromatic rings. The molecule has 5 heteroatoms. The fourth-order valence-electron chi connectivity index (χ4n) is 2.47. The summed E-state index contributed by atoms with van der Waals surface area (Å²) in [4.78, 5) is 24.1. The monoisotopic (exact) mass is 246 g/mol. The van der Waals surface area contributed by atoms with E-state index in [2.05, 4.69) is 0 Å². The van der Waals surface area contributed by atoms with Crippen LogP contribution in [0.25, 0.3) is 0 Å². The van der Waals surface area contributed by atoms with E-state index >= 15 is 0 Å². The Morgan fingerprint density at radius 2 is 1.89 bits per heavy atom. The molecule has 0 atom stereocenters. The van der Waals surface area contributed by atoms with E-state index in [9.17, 15) is 9.59 Å². The highest BCUT2D eigenvalue weighted by atomic mass is 16.5. The lowest BCUT2D eigenvalue weighted by Crippen LogP contribution is -2.51. The summed E-state index contributed by atoms with van der Waals surface area (Å²) in [6.07, 6.45) is 0. The molecule has 1 amide bonds. The molecular weight excluding hydrogens is 232 g/mol. The highest BCUT2D eigenvalue weighted by Crippen LogP contribution is 2.32. The maximum absolute atomic E-state index is 12.1. The third-order valence-corrected chi connectivity index (χ3v) is 3.36. The molecule has 94 valence electrons. The second-order valence-electron chi connectivity index (χ2n) is 4.48. The first-order valence-corrected chi connectivity index (χ1v) is 6.01. The van der Waals surface area contributed by atoms with Gasteiger partial charge >= 0.3 is 5.91 Å². The van der Waals surface area contributed by atoms with Gasteiger partial charge in [-0.05, 0) is 18.6 Å². The van der Waals surface area contributed by atoms with Crippen molar-refractivity contribution in [3.05, 3.63) is 29.3 Å². The second kappa shape index (κ2) is 4.19. The molecule has 0 spiro atoms. The third-order valence-electron chi connectivity index (χ3n) is 3.36. The predicted molar refractivity (Wildman–Crippen MR) is 65.4 cm³/mol. The van der Waals surface area contributed by atoms with Crippen molar-refractivity contribution in [1.82, 2.24) is 5.01 Å². The van der Waals surface area contributed by atoms with Crippen LogP contribution in [0.4, 0.5) is 5.69 Å². The van der Waals surface area contributed by atoms with Gasteiger partial charge in [-0.3, -0.25) is 9.59 Å². The number of ketones is 1. The molecule has 1 aromatic carbocycles. The Labute approximate surface area is 105 Å². The molecule has 0 saturated carbocycles. The first-order chi connectivity index (χ1) is 8.70. The molecule has 2 aliphatic rings. The molecular formula is C13H14N2O3. The molecule has 3 rings (SSSR count). The Morgan fingerprint density at radius 1 is 1.17 bits per heavy atom. The van der Waals surface area contributed by atoms with Crippen LogP contribution in [0.2, 0.25) is 0 Å². The van der Waals surface area contributed by atoms with Crippen LogP contribution < -0.4 is 5.01 Å². The maximum atomic E-state index is 12.1. The number of carbonyl (C=O) groups excluding carboxylic acids is 2. The quantitative estimate of drug-likeness (QED) is 0.687. The summed E-state index contributed by atoms with van der Waals surface area (Å²) in [6, 6.07) is 5.54. The van der Waals surface area contributed by atoms with E-state index in [1.54, 1.807) is 0 Å². The molecule has 2 aliphatic heterocycles. The van der Waals surface area contributed by atoms with Crippen molar-refractivity contribution in [2.24, 2.45) is 0 Å². The number of fused-ring (bicyclic) bond motifs is 1. The van der Waals surface area contributed by atoms with E-state index in [4.69, 9.17) is 4.74 Å². The molecule has 0 radical (unpaired) electrons. The highest BCUT2D eigenvalue weighted by Gasteiger charge is 2.40. The molecule has 0 aromatic heterocycles. The minimum absolute atomic E-state index is 0.408. The normalized spacial score (nSPS) is 20.4. The van der Waals surface area contributed by atoms with Crippen molar-refractivity contribution in [3.63, 3.8) is 0 Å². The predicted octanol–water partition coefficient (Wildman–Crippen LogP) is 0.772. The summed E-state index contributed by atoms with van der Waals surface area (Å²) >= 11 is 0. The first kappa shape index (κ1) is 11.4. The minimum atomic E-state index is -0.457. The number of hydrogen-bond acceptors (Lipinski definition) is 4. The Balaban J connectivity index is 2.04. The van der Waals surface area contributed by atoms with Crippen molar-refractivity contribution in [1.29, 1.82) is 0 Å². The molecule has 1 fully saturated rings. The number of carbonyl (C=O) groups is 2. The topological polar surface area (TPSA) is 49.9 Å². The van der Waals surface area contributed by atoms with E-state index in [1.165, 1.54) is 5.01 Å². The lowest BCUT2D eigenvalue weighted by molar-refractivity contribution is -0.118. The number of aryl methyl sites for hydroxylation is 1. The number of morpholine rings is 1. The summed E-state index contributed by atoms with van der Waals surface area (Å²) in [6.45, 7) is 4.28. The van der Waals surface area contributed by atoms with Gasteiger partial charge in [-0.25, -0.2) is 10.0 Å². The van der Waals surface area contributed by atoms with Crippen LogP contribution in [-0.4, -0.2) is 43.0 Å². The molecule has 1 saturated heterocycles. The average Bonchev–Trinajstić information content (AvgIpc) is 2.64. The van der Waals surface area contributed by atoms with Gasteiger partial charge in [0.05, 0.1) is 24.5 Å². The zero-order valence-corrected chi connectivity index (χ0v) is 10.2. The van der Waals surface area contributed by atoms with Gasteiger partial charge in [-0.1, -0.05) is 12.1 Å². The summed E-state index contributed by atoms with van der Waals surface area (Å²) in [5.74, 6) is -0.865. The van der Waals surface area contributed by atoms with Crippen LogP contribution in [0.1, 0.15) is 15.9 Å². The molecule has 0 aliphatic carbocycles. The number of hydrazine groups is 1. The Hall–Kier alpha value is -1.72. The van der Waals surface area contributed by atoms with Gasteiger partial charge < -0.3 is 4.74 Å². The van der Waals surface area contributed by atoms with Crippen LogP contribution >= 0.6 is 0 Å². The van der Waals surface area contributed by atoms with Gasteiger partial charge in [-0.2, -0.15) is 0 Å². The fourth-order valence-corrected chi connectivity index (χ4v) is 2.47. The standard InChI is InChI=1S/C13H14N2O3/c1-9-3-2-4-10-11(9)12(16)13(17)15(10)14-5-7-18-8-6-14/h2-4H,5-8H2,1H3. The number of hydrogen-bond donors (Lipinski definition) is 0. The number of rotatable bonds is 1. The Kier molecular flexibility index (Phi) is 2.65. The summed E-state index contributed by atoms with van der Waals surface area (Å²) < 4.78 is 5.27. The lowest BCUT2D eigenvalue weighted by atomic mass is 10.1. The van der Waals surface area contributed by atoms with Crippen LogP contribution in [0.3, 0.4) is 0 Å². The molecule has 18 heavy (non-hydrogen) atoms. The number of amides is 1. The van der Waals surface area contributed by atoms with Gasteiger partial charge in [0, 0.05) is 13.1 Å². The van der Waals surface area contributed by atoms with Gasteiger partial charge in [-0.15, -0.1) is 0 Å². The summed E-state index contributed by atoms with van der Waals surface area (Å²) in [5, 5.41) is 3.39. The molecule has 0 N–H and O–H groups in total. The number of nitrogens with zero attached hydrogens (tertiary/aromatic N) is 2. The van der Waals surface area contributed by atoms with Crippen LogP contribution in [0, 0.1) is 6.92 Å². The summed E-state index contributed by atoms with van der Waals surface area (Å²) in [7, 11) is 0. The van der Waals surface area contributed by atoms with E-state index < -0.39 is 11.7 Å². The van der Waals surface area contributed by atoms with Crippen molar-refractivity contribution >= 4 is 17.4 Å². The van der Waals surface area contributed by atoms with E-state index in [1.807, 2.05) is 30.1 Å². The number of benzene rings is 1. The van der Waals surface area contributed by atoms with Crippen LogP contribution in [0.5, 0.6) is 0 Å². The SMILES string of the molecule is Cc1cccc2c1C(=O)C(=O)N2N1CCOCC1. The van der Waals surface area contributed by atoms with E-state index in [-0.39, 0.29) is 0 Å². The minimum Gasteiger partial charge on any atom is -0.379 e. The van der Waals surface area contributed by atoms with Gasteiger partial charge in [0.2, 0.25) is 0 Å². The van der Waals surface area contributed by atoms with Gasteiger partial charge in [0.1, 0.15) is 0 Å². The van der Waals surface area contributed by atoms with Crippen LogP contribution in [0.15, 0.2) is 18.2 Å². The van der Waals surface area contributed by atoms with Crippen molar-refractivity contribution in [2.45, 2.75) is 6.92 Å². The largest absolute Gasteiger partial charge is 0.379 e. The van der Waals surface area contributed by atoms with Gasteiger partial charge in [0.25, 0.3) is 5.78 Å². The highest BCUT2D eigenvalue weighted by molar-refractivity contribution is 6.52. The lowest BCUT2D eigenvalue weighted by Gasteiger charge is -2.34. The zero-order chi connectivity index (χ0) is 12.7. The average molecular weight is 246 g/mol. The summed E-state index contributed by atoms with van der Waals surface area (Å²) in [5.41, 5.74) is 2.09. The van der Waals surface area contributed by atoms with Crippen molar-refractivity contribution in [2.75, 3.05) is 31.3 Å². The maximum Gasteiger partial charge on any atom is 0.314 e. The number of anilines is 1. The fraction of sp³-hybridized carbons (Fsp3) is 0.385. The smallest absolute Gasteiger partial charge is 0.314 e. The molecule has 5 nitrogen and oxygen atoms in total. The molecule has 0 bridgehead atoms. The number of ether oxygens (including phenoxy) is 1. The van der Waals surface area contributed by atoms with E-state index in [0.717, 1.165) is 5.56 Å². The van der Waals surface area contributed by atoms with Gasteiger partial charge in [0.15, 0.2) is 0 Å². The third kappa shape index (κ3) is 1.55. The first-order valence-electron chi connectivity index (χ1n) is 6.01. The van der Waals surface area contributed by atoms with E-state index in [0.29, 0.717) is 37.6 Å². The zero-order valence-electron chi connectivity index (χ0n) is 10.2. The molecule has 2 heterocycles. The van der Waals surface area contributed by atoms with Crippen molar-refractivity contribution in [3.8, 4) is 0 Å². The van der Waals surface area contributed by atoms with Crippen LogP contribution in [-0.2, 0) is 9.53 Å². The van der Waals surface area contributed by atoms with Crippen molar-refractivity contribution < 1.29 is 14.3 Å². The number of Topliss-reactive ketones (excluding diaryl/α,β-unsaturated/α-hetero) is 1. The second-order valence-corrected chi connectivity index (χ2v) is 4.48. The Bertz CT molecular complexity index is 521. The Morgan fingerprint density at radius 3 is 2.61 bits per heavy atom. The molecule has 0 unspecified atom stereocenters.